The van der Waals surface area contributed by atoms with Gasteiger partial charge < -0.3 is 14.4 Å². The van der Waals surface area contributed by atoms with E-state index in [4.69, 9.17) is 4.74 Å². The van der Waals surface area contributed by atoms with Crippen LogP contribution in [0.25, 0.3) is 0 Å². The van der Waals surface area contributed by atoms with Crippen LogP contribution >= 0.6 is 0 Å². The first-order chi connectivity index (χ1) is 9.06. The van der Waals surface area contributed by atoms with E-state index in [1.807, 2.05) is 24.3 Å². The van der Waals surface area contributed by atoms with Crippen molar-refractivity contribution in [2.45, 2.75) is 19.4 Å². The van der Waals surface area contributed by atoms with Crippen molar-refractivity contribution < 1.29 is 19.1 Å². The Morgan fingerprint density at radius 3 is 2.26 bits per heavy atom. The number of benzene rings is 1. The second-order valence-electron chi connectivity index (χ2n) is 4.17. The Labute approximate surface area is 113 Å². The Hall–Kier alpha value is -2.04. The fourth-order valence-corrected chi connectivity index (χ4v) is 1.59. The number of carbonyl (C=O) groups is 2. The number of amides is 1. The van der Waals surface area contributed by atoms with Gasteiger partial charge in [0.05, 0.1) is 20.6 Å². The molecule has 0 unspecified atom stereocenters. The van der Waals surface area contributed by atoms with Gasteiger partial charge in [0.15, 0.2) is 0 Å². The van der Waals surface area contributed by atoms with Crippen molar-refractivity contribution in [3.63, 3.8) is 0 Å². The smallest absolute Gasteiger partial charge is 0.306 e. The third kappa shape index (κ3) is 4.99. The monoisotopic (exact) mass is 265 g/mol. The molecule has 1 aromatic rings. The van der Waals surface area contributed by atoms with Gasteiger partial charge in [-0.2, -0.15) is 0 Å². The van der Waals surface area contributed by atoms with E-state index < -0.39 is 0 Å². The van der Waals surface area contributed by atoms with E-state index in [0.717, 1.165) is 11.3 Å². The second-order valence-corrected chi connectivity index (χ2v) is 4.17. The molecule has 5 nitrogen and oxygen atoms in total. The standard InChI is InChI=1S/C14H19NO4/c1-15(13(16)8-9-14(17)19-3)10-11-4-6-12(18-2)7-5-11/h4-7H,8-10H2,1-3H3. The summed E-state index contributed by atoms with van der Waals surface area (Å²) in [5.41, 5.74) is 1.01. The predicted octanol–water partition coefficient (Wildman–Crippen LogP) is 1.61. The molecule has 0 radical (unpaired) electrons. The van der Waals surface area contributed by atoms with Crippen LogP contribution in [0.5, 0.6) is 5.75 Å². The average molecular weight is 265 g/mol. The van der Waals surface area contributed by atoms with Gasteiger partial charge in [0.2, 0.25) is 5.91 Å². The van der Waals surface area contributed by atoms with Crippen molar-refractivity contribution in [1.82, 2.24) is 4.90 Å². The fraction of sp³-hybridized carbons (Fsp3) is 0.429. The molecule has 104 valence electrons. The van der Waals surface area contributed by atoms with E-state index >= 15 is 0 Å². The predicted molar refractivity (Wildman–Crippen MR) is 70.7 cm³/mol. The lowest BCUT2D eigenvalue weighted by Gasteiger charge is -2.17. The number of hydrogen-bond acceptors (Lipinski definition) is 4. The van der Waals surface area contributed by atoms with E-state index in [-0.39, 0.29) is 24.7 Å². The molecule has 0 fully saturated rings. The van der Waals surface area contributed by atoms with Gasteiger partial charge in [-0.1, -0.05) is 12.1 Å². The number of nitrogens with zero attached hydrogens (tertiary/aromatic N) is 1. The number of esters is 1. The molecule has 0 atom stereocenters. The Morgan fingerprint density at radius 2 is 1.74 bits per heavy atom. The summed E-state index contributed by atoms with van der Waals surface area (Å²) in [5.74, 6) is 0.329. The summed E-state index contributed by atoms with van der Waals surface area (Å²) >= 11 is 0. The third-order valence-electron chi connectivity index (χ3n) is 2.78. The minimum atomic E-state index is -0.369. The number of carbonyl (C=O) groups excluding carboxylic acids is 2. The molecule has 0 aromatic heterocycles. The summed E-state index contributed by atoms with van der Waals surface area (Å²) in [6.45, 7) is 0.504. The van der Waals surface area contributed by atoms with Crippen molar-refractivity contribution in [3.8, 4) is 5.75 Å². The highest BCUT2D eigenvalue weighted by atomic mass is 16.5. The van der Waals surface area contributed by atoms with Crippen LogP contribution in [0.15, 0.2) is 24.3 Å². The zero-order chi connectivity index (χ0) is 14.3. The van der Waals surface area contributed by atoms with Crippen molar-refractivity contribution >= 4 is 11.9 Å². The van der Waals surface area contributed by atoms with Gasteiger partial charge in [-0.3, -0.25) is 9.59 Å². The van der Waals surface area contributed by atoms with Crippen LogP contribution in [-0.2, 0) is 20.9 Å². The summed E-state index contributed by atoms with van der Waals surface area (Å²) in [7, 11) is 4.63. The van der Waals surface area contributed by atoms with Crippen molar-refractivity contribution in [2.24, 2.45) is 0 Å². The van der Waals surface area contributed by atoms with Crippen LogP contribution in [0.2, 0.25) is 0 Å². The second kappa shape index (κ2) is 7.41. The molecule has 0 spiro atoms. The van der Waals surface area contributed by atoms with Crippen molar-refractivity contribution in [3.05, 3.63) is 29.8 Å². The van der Waals surface area contributed by atoms with Gasteiger partial charge in [-0.25, -0.2) is 0 Å². The highest BCUT2D eigenvalue weighted by molar-refractivity contribution is 5.81. The Balaban J connectivity index is 2.46. The number of methoxy groups -OCH3 is 2. The van der Waals surface area contributed by atoms with E-state index in [1.54, 1.807) is 19.1 Å². The summed E-state index contributed by atoms with van der Waals surface area (Å²) in [5, 5.41) is 0. The molecule has 0 N–H and O–H groups in total. The van der Waals surface area contributed by atoms with Crippen LogP contribution in [0.3, 0.4) is 0 Å². The topological polar surface area (TPSA) is 55.8 Å². The quantitative estimate of drug-likeness (QED) is 0.733. The molecule has 1 aromatic carbocycles. The largest absolute Gasteiger partial charge is 0.497 e. The number of ether oxygens (including phenoxy) is 2. The molecule has 1 amide bonds. The van der Waals surface area contributed by atoms with Crippen molar-refractivity contribution in [1.29, 1.82) is 0 Å². The number of hydrogen-bond donors (Lipinski definition) is 0. The van der Waals surface area contributed by atoms with Crippen molar-refractivity contribution in [2.75, 3.05) is 21.3 Å². The molecule has 0 bridgehead atoms. The Morgan fingerprint density at radius 1 is 1.11 bits per heavy atom. The maximum absolute atomic E-state index is 11.8. The maximum atomic E-state index is 11.8. The molecule has 1 rings (SSSR count). The molecule has 0 aliphatic carbocycles. The fourth-order valence-electron chi connectivity index (χ4n) is 1.59. The van der Waals surface area contributed by atoms with Crippen LogP contribution in [-0.4, -0.2) is 38.0 Å². The summed E-state index contributed by atoms with van der Waals surface area (Å²) in [6.07, 6.45) is 0.279. The summed E-state index contributed by atoms with van der Waals surface area (Å²) in [6, 6.07) is 7.51. The van der Waals surface area contributed by atoms with E-state index in [0.29, 0.717) is 6.54 Å². The minimum absolute atomic E-state index is 0.0822. The highest BCUT2D eigenvalue weighted by Crippen LogP contribution is 2.13. The molecule has 0 aliphatic heterocycles. The first kappa shape index (κ1) is 15.0. The zero-order valence-electron chi connectivity index (χ0n) is 11.5. The number of rotatable bonds is 6. The molecule has 5 heteroatoms. The molecule has 0 heterocycles. The average Bonchev–Trinajstić information content (AvgIpc) is 2.44. The minimum Gasteiger partial charge on any atom is -0.497 e. The molecular weight excluding hydrogens is 246 g/mol. The lowest BCUT2D eigenvalue weighted by molar-refractivity contribution is -0.143. The highest BCUT2D eigenvalue weighted by Gasteiger charge is 2.11. The van der Waals surface area contributed by atoms with Gasteiger partial charge in [0.25, 0.3) is 0 Å². The Kier molecular flexibility index (Phi) is 5.85. The normalized spacial score (nSPS) is 9.84. The van der Waals surface area contributed by atoms with Gasteiger partial charge in [-0.15, -0.1) is 0 Å². The third-order valence-corrected chi connectivity index (χ3v) is 2.78. The Bertz CT molecular complexity index is 428. The van der Waals surface area contributed by atoms with Gasteiger partial charge in [0.1, 0.15) is 5.75 Å². The first-order valence-electron chi connectivity index (χ1n) is 6.00. The SMILES string of the molecule is COC(=O)CCC(=O)N(C)Cc1ccc(OC)cc1. The van der Waals surface area contributed by atoms with Crippen LogP contribution in [0.1, 0.15) is 18.4 Å². The lowest BCUT2D eigenvalue weighted by Crippen LogP contribution is -2.26. The maximum Gasteiger partial charge on any atom is 0.306 e. The van der Waals surface area contributed by atoms with E-state index in [1.165, 1.54) is 7.11 Å². The van der Waals surface area contributed by atoms with Gasteiger partial charge >= 0.3 is 5.97 Å². The summed E-state index contributed by atoms with van der Waals surface area (Å²) in [4.78, 5) is 24.3. The van der Waals surface area contributed by atoms with Gasteiger partial charge in [-0.05, 0) is 17.7 Å². The molecule has 0 saturated heterocycles. The molecule has 0 aliphatic rings. The molecule has 0 saturated carbocycles. The zero-order valence-corrected chi connectivity index (χ0v) is 11.5. The first-order valence-corrected chi connectivity index (χ1v) is 6.00. The van der Waals surface area contributed by atoms with Gasteiger partial charge in [0, 0.05) is 20.0 Å². The molecule has 19 heavy (non-hydrogen) atoms. The van der Waals surface area contributed by atoms with E-state index in [2.05, 4.69) is 4.74 Å². The van der Waals surface area contributed by atoms with E-state index in [9.17, 15) is 9.59 Å². The van der Waals surface area contributed by atoms with Crippen LogP contribution < -0.4 is 4.74 Å². The van der Waals surface area contributed by atoms with Crippen LogP contribution in [0.4, 0.5) is 0 Å². The van der Waals surface area contributed by atoms with Crippen LogP contribution in [0, 0.1) is 0 Å². The summed E-state index contributed by atoms with van der Waals surface area (Å²) < 4.78 is 9.57. The lowest BCUT2D eigenvalue weighted by atomic mass is 10.2. The molecular formula is C14H19NO4.